The molecule has 106 valence electrons. The van der Waals surface area contributed by atoms with Gasteiger partial charge in [0.05, 0.1) is 24.8 Å². The Balaban J connectivity index is 2.70. The van der Waals surface area contributed by atoms with Gasteiger partial charge in [-0.15, -0.1) is 0 Å². The zero-order valence-corrected chi connectivity index (χ0v) is 10.7. The number of nitriles is 1. The quantitative estimate of drug-likeness (QED) is 0.806. The minimum Gasteiger partial charge on any atom is -0.395 e. The Morgan fingerprint density at radius 3 is 2.55 bits per heavy atom. The summed E-state index contributed by atoms with van der Waals surface area (Å²) in [5, 5.41) is 17.4. The van der Waals surface area contributed by atoms with Crippen LogP contribution < -0.4 is 0 Å². The summed E-state index contributed by atoms with van der Waals surface area (Å²) in [6, 6.07) is 8.44. The van der Waals surface area contributed by atoms with Crippen molar-refractivity contribution in [2.75, 3.05) is 19.7 Å². The van der Waals surface area contributed by atoms with E-state index in [0.717, 1.165) is 4.90 Å². The first-order valence-electron chi connectivity index (χ1n) is 5.93. The Bertz CT molecular complexity index is 507. The second-order valence-electron chi connectivity index (χ2n) is 3.97. The van der Waals surface area contributed by atoms with Gasteiger partial charge in [0.2, 0.25) is 5.91 Å². The van der Waals surface area contributed by atoms with E-state index >= 15 is 0 Å². The van der Waals surface area contributed by atoms with Gasteiger partial charge in [0, 0.05) is 12.6 Å². The number of amides is 1. The summed E-state index contributed by atoms with van der Waals surface area (Å²) in [5.74, 6) is -0.594. The van der Waals surface area contributed by atoms with Crippen molar-refractivity contribution in [2.24, 2.45) is 0 Å². The summed E-state index contributed by atoms with van der Waals surface area (Å²) in [5.41, 5.74) is 1.17. The van der Waals surface area contributed by atoms with Crippen molar-refractivity contribution in [1.82, 2.24) is 4.90 Å². The Labute approximate surface area is 115 Å². The van der Waals surface area contributed by atoms with Gasteiger partial charge >= 0.3 is 0 Å². The molecule has 0 spiro atoms. The monoisotopic (exact) mass is 280 g/mol. The molecule has 1 aromatic rings. The molecular formula is C14H14F2N2O2. The fraction of sp³-hybridized carbons (Fsp3) is 0.286. The molecule has 0 heterocycles. The Morgan fingerprint density at radius 2 is 2.05 bits per heavy atom. The van der Waals surface area contributed by atoms with E-state index in [4.69, 9.17) is 10.4 Å². The summed E-state index contributed by atoms with van der Waals surface area (Å²) in [7, 11) is 0. The van der Waals surface area contributed by atoms with Crippen molar-refractivity contribution in [3.05, 3.63) is 41.5 Å². The first-order valence-corrected chi connectivity index (χ1v) is 5.93. The molecule has 0 saturated carbocycles. The highest BCUT2D eigenvalue weighted by atomic mass is 19.3. The van der Waals surface area contributed by atoms with E-state index in [0.29, 0.717) is 11.1 Å². The lowest BCUT2D eigenvalue weighted by atomic mass is 10.1. The van der Waals surface area contributed by atoms with Crippen LogP contribution in [-0.2, 0) is 4.79 Å². The molecule has 0 aliphatic rings. The number of hydrogen-bond acceptors (Lipinski definition) is 3. The number of halogens is 2. The smallest absolute Gasteiger partial charge is 0.255 e. The maximum atomic E-state index is 12.3. The third-order valence-electron chi connectivity index (χ3n) is 2.50. The summed E-state index contributed by atoms with van der Waals surface area (Å²) < 4.78 is 24.6. The molecule has 1 aromatic carbocycles. The third-order valence-corrected chi connectivity index (χ3v) is 2.50. The van der Waals surface area contributed by atoms with E-state index in [1.165, 1.54) is 12.2 Å². The van der Waals surface area contributed by atoms with Crippen LogP contribution in [-0.4, -0.2) is 42.0 Å². The van der Waals surface area contributed by atoms with E-state index < -0.39 is 18.9 Å². The highest BCUT2D eigenvalue weighted by Gasteiger charge is 2.15. The van der Waals surface area contributed by atoms with Crippen molar-refractivity contribution < 1.29 is 18.7 Å². The molecule has 0 bridgehead atoms. The van der Waals surface area contributed by atoms with Gasteiger partial charge in [-0.1, -0.05) is 12.1 Å². The van der Waals surface area contributed by atoms with E-state index in [2.05, 4.69) is 0 Å². The number of benzene rings is 1. The predicted octanol–water partition coefficient (Wildman–Crippen LogP) is 1.66. The number of aliphatic hydroxyl groups excluding tert-OH is 1. The van der Waals surface area contributed by atoms with Crippen LogP contribution in [0.2, 0.25) is 0 Å². The zero-order valence-electron chi connectivity index (χ0n) is 10.7. The van der Waals surface area contributed by atoms with E-state index in [1.807, 2.05) is 6.07 Å². The van der Waals surface area contributed by atoms with Crippen molar-refractivity contribution in [2.45, 2.75) is 6.43 Å². The number of aliphatic hydroxyl groups is 1. The standard InChI is InChI=1S/C14H14F2N2O2/c15-13(16)10-18(7-8-19)14(20)6-5-11-1-3-12(9-17)4-2-11/h1-6,13,19H,7-8,10H2/b6-5+. The van der Waals surface area contributed by atoms with Gasteiger partial charge in [-0.3, -0.25) is 4.79 Å². The van der Waals surface area contributed by atoms with E-state index in [9.17, 15) is 13.6 Å². The number of nitrogens with zero attached hydrogens (tertiary/aromatic N) is 2. The van der Waals surface area contributed by atoms with E-state index in [1.54, 1.807) is 24.3 Å². The van der Waals surface area contributed by atoms with Gasteiger partial charge in [0.25, 0.3) is 6.43 Å². The minimum atomic E-state index is -2.64. The highest BCUT2D eigenvalue weighted by molar-refractivity contribution is 5.91. The van der Waals surface area contributed by atoms with Gasteiger partial charge in [0.1, 0.15) is 0 Å². The molecule has 0 saturated heterocycles. The average Bonchev–Trinajstić information content (AvgIpc) is 2.44. The molecule has 0 atom stereocenters. The molecule has 6 heteroatoms. The maximum absolute atomic E-state index is 12.3. The molecule has 1 N–H and O–H groups in total. The van der Waals surface area contributed by atoms with Crippen LogP contribution in [0.25, 0.3) is 6.08 Å². The molecule has 0 aliphatic heterocycles. The number of carbonyl (C=O) groups is 1. The van der Waals surface area contributed by atoms with E-state index in [-0.39, 0.29) is 13.2 Å². The zero-order chi connectivity index (χ0) is 15.0. The lowest BCUT2D eigenvalue weighted by Crippen LogP contribution is -2.36. The predicted molar refractivity (Wildman–Crippen MR) is 69.9 cm³/mol. The molecule has 0 fully saturated rings. The van der Waals surface area contributed by atoms with Crippen LogP contribution in [0.4, 0.5) is 8.78 Å². The molecule has 0 aliphatic carbocycles. The topological polar surface area (TPSA) is 64.3 Å². The number of alkyl halides is 2. The Hall–Kier alpha value is -2.26. The lowest BCUT2D eigenvalue weighted by Gasteiger charge is -2.19. The van der Waals surface area contributed by atoms with Gasteiger partial charge < -0.3 is 10.0 Å². The summed E-state index contributed by atoms with van der Waals surface area (Å²) in [6.45, 7) is -1.22. The minimum absolute atomic E-state index is 0.138. The first kappa shape index (κ1) is 15.8. The molecule has 1 amide bonds. The van der Waals surface area contributed by atoms with Gasteiger partial charge in [0.15, 0.2) is 0 Å². The second-order valence-corrected chi connectivity index (χ2v) is 3.97. The van der Waals surface area contributed by atoms with Crippen LogP contribution in [0.3, 0.4) is 0 Å². The maximum Gasteiger partial charge on any atom is 0.255 e. The molecular weight excluding hydrogens is 266 g/mol. The fourth-order valence-corrected chi connectivity index (χ4v) is 1.52. The lowest BCUT2D eigenvalue weighted by molar-refractivity contribution is -0.128. The van der Waals surface area contributed by atoms with Gasteiger partial charge in [-0.25, -0.2) is 8.78 Å². The normalized spacial score (nSPS) is 10.8. The largest absolute Gasteiger partial charge is 0.395 e. The molecule has 0 radical (unpaired) electrons. The molecule has 0 aromatic heterocycles. The highest BCUT2D eigenvalue weighted by Crippen LogP contribution is 2.06. The summed E-state index contributed by atoms with van der Waals surface area (Å²) in [6.07, 6.45) is -0.00697. The van der Waals surface area contributed by atoms with Gasteiger partial charge in [-0.2, -0.15) is 5.26 Å². The van der Waals surface area contributed by atoms with Gasteiger partial charge in [-0.05, 0) is 23.8 Å². The number of hydrogen-bond donors (Lipinski definition) is 1. The first-order chi connectivity index (χ1) is 9.56. The van der Waals surface area contributed by atoms with Crippen molar-refractivity contribution >= 4 is 12.0 Å². The fourth-order valence-electron chi connectivity index (χ4n) is 1.52. The summed E-state index contributed by atoms with van der Waals surface area (Å²) in [4.78, 5) is 12.6. The average molecular weight is 280 g/mol. The second kappa shape index (κ2) is 8.02. The number of rotatable bonds is 6. The van der Waals surface area contributed by atoms with Crippen LogP contribution in [0.15, 0.2) is 30.3 Å². The Morgan fingerprint density at radius 1 is 1.40 bits per heavy atom. The summed E-state index contributed by atoms with van der Waals surface area (Å²) >= 11 is 0. The van der Waals surface area contributed by atoms with Crippen LogP contribution in [0.5, 0.6) is 0 Å². The molecule has 1 rings (SSSR count). The molecule has 4 nitrogen and oxygen atoms in total. The third kappa shape index (κ3) is 5.16. The van der Waals surface area contributed by atoms with Crippen LogP contribution in [0, 0.1) is 11.3 Å². The van der Waals surface area contributed by atoms with Crippen molar-refractivity contribution in [1.29, 1.82) is 5.26 Å². The van der Waals surface area contributed by atoms with Crippen LogP contribution in [0.1, 0.15) is 11.1 Å². The van der Waals surface area contributed by atoms with Crippen molar-refractivity contribution in [3.8, 4) is 6.07 Å². The van der Waals surface area contributed by atoms with Crippen molar-refractivity contribution in [3.63, 3.8) is 0 Å². The number of carbonyl (C=O) groups excluding carboxylic acids is 1. The Kier molecular flexibility index (Phi) is 6.33. The SMILES string of the molecule is N#Cc1ccc(/C=C/C(=O)N(CCO)CC(F)F)cc1. The molecule has 20 heavy (non-hydrogen) atoms. The molecule has 0 unspecified atom stereocenters. The van der Waals surface area contributed by atoms with Crippen LogP contribution >= 0.6 is 0 Å².